The van der Waals surface area contributed by atoms with Gasteiger partial charge in [0.2, 0.25) is 0 Å². The Bertz CT molecular complexity index is 1050. The van der Waals surface area contributed by atoms with Gasteiger partial charge in [0.05, 0.1) is 12.2 Å². The van der Waals surface area contributed by atoms with E-state index in [0.717, 1.165) is 22.9 Å². The number of rotatable bonds is 7. The summed E-state index contributed by atoms with van der Waals surface area (Å²) in [7, 11) is 0. The van der Waals surface area contributed by atoms with Crippen molar-refractivity contribution < 1.29 is 4.74 Å². The van der Waals surface area contributed by atoms with Crippen LogP contribution in [0.4, 0.5) is 5.69 Å². The smallest absolute Gasteiger partial charge is 0.174 e. The third-order valence-electron chi connectivity index (χ3n) is 4.67. The zero-order chi connectivity index (χ0) is 21.3. The fourth-order valence-electron chi connectivity index (χ4n) is 3.12. The van der Waals surface area contributed by atoms with Gasteiger partial charge in [0, 0.05) is 18.4 Å². The highest BCUT2D eigenvalue weighted by Gasteiger charge is 2.12. The maximum atomic E-state index is 5.86. The molecule has 154 valence electrons. The number of aromatic nitrogens is 1. The fraction of sp³-hybridized carbons (Fsp3) is 0.0769. The lowest BCUT2D eigenvalue weighted by molar-refractivity contribution is 0.407. The van der Waals surface area contributed by atoms with Gasteiger partial charge in [-0.05, 0) is 66.3 Å². The standard InChI is InChI=1S/C26H23N3OS/c31-26(28-22-14-16-25(17-15-22)30-24-12-5-2-6-13-24)29(19-21-9-3-1-4-10-21)20-23-11-7-8-18-27-23/h1-18H,19-20H2,(H,28,31). The van der Waals surface area contributed by atoms with Gasteiger partial charge >= 0.3 is 0 Å². The van der Waals surface area contributed by atoms with E-state index in [1.807, 2.05) is 91.0 Å². The SMILES string of the molecule is S=C(Nc1ccc(Oc2ccccc2)cc1)N(Cc1ccccc1)Cc1ccccn1. The van der Waals surface area contributed by atoms with Gasteiger partial charge in [-0.25, -0.2) is 0 Å². The lowest BCUT2D eigenvalue weighted by atomic mass is 10.2. The number of benzene rings is 3. The second kappa shape index (κ2) is 10.4. The van der Waals surface area contributed by atoms with Crippen LogP contribution in [0.25, 0.3) is 0 Å². The van der Waals surface area contributed by atoms with Crippen LogP contribution >= 0.6 is 12.2 Å². The number of ether oxygens (including phenoxy) is 1. The average molecular weight is 426 g/mol. The normalized spacial score (nSPS) is 10.3. The molecule has 1 N–H and O–H groups in total. The van der Waals surface area contributed by atoms with Crippen LogP contribution < -0.4 is 10.1 Å². The van der Waals surface area contributed by atoms with Gasteiger partial charge in [-0.1, -0.05) is 54.6 Å². The van der Waals surface area contributed by atoms with Crippen LogP contribution in [-0.4, -0.2) is 15.0 Å². The third-order valence-corrected chi connectivity index (χ3v) is 5.03. The summed E-state index contributed by atoms with van der Waals surface area (Å²) in [5.74, 6) is 1.58. The van der Waals surface area contributed by atoms with Crippen molar-refractivity contribution in [1.82, 2.24) is 9.88 Å². The van der Waals surface area contributed by atoms with Crippen LogP contribution in [0.2, 0.25) is 0 Å². The highest BCUT2D eigenvalue weighted by molar-refractivity contribution is 7.80. The van der Waals surface area contributed by atoms with E-state index in [4.69, 9.17) is 17.0 Å². The van der Waals surface area contributed by atoms with Gasteiger partial charge in [0.15, 0.2) is 5.11 Å². The lowest BCUT2D eigenvalue weighted by Crippen LogP contribution is -2.34. The molecule has 0 aliphatic heterocycles. The first-order valence-electron chi connectivity index (χ1n) is 10.1. The predicted octanol–water partition coefficient (Wildman–Crippen LogP) is 6.27. The summed E-state index contributed by atoms with van der Waals surface area (Å²) in [4.78, 5) is 6.57. The van der Waals surface area contributed by atoms with Gasteiger partial charge < -0.3 is 15.0 Å². The first-order valence-corrected chi connectivity index (χ1v) is 10.5. The minimum absolute atomic E-state index is 0.622. The highest BCUT2D eigenvalue weighted by Crippen LogP contribution is 2.23. The summed E-state index contributed by atoms with van der Waals surface area (Å²) in [5, 5.41) is 3.99. The quantitative estimate of drug-likeness (QED) is 0.353. The van der Waals surface area contributed by atoms with Crippen LogP contribution in [0.3, 0.4) is 0 Å². The largest absolute Gasteiger partial charge is 0.457 e. The number of anilines is 1. The summed E-state index contributed by atoms with van der Waals surface area (Å²) < 4.78 is 5.86. The molecule has 3 aromatic carbocycles. The number of hydrogen-bond acceptors (Lipinski definition) is 3. The van der Waals surface area contributed by atoms with E-state index in [-0.39, 0.29) is 0 Å². The molecule has 4 rings (SSSR count). The summed E-state index contributed by atoms with van der Waals surface area (Å²) in [6.07, 6.45) is 1.80. The monoisotopic (exact) mass is 425 g/mol. The molecular weight excluding hydrogens is 402 g/mol. The Hall–Kier alpha value is -3.70. The second-order valence-electron chi connectivity index (χ2n) is 7.03. The summed E-state index contributed by atoms with van der Waals surface area (Å²) >= 11 is 5.75. The van der Waals surface area contributed by atoms with Gasteiger partial charge in [-0.3, -0.25) is 4.98 Å². The number of pyridine rings is 1. The molecule has 0 amide bonds. The Kier molecular flexibility index (Phi) is 6.88. The van der Waals surface area contributed by atoms with Crippen LogP contribution in [0.1, 0.15) is 11.3 Å². The molecule has 5 heteroatoms. The molecular formula is C26H23N3OS. The van der Waals surface area contributed by atoms with Crippen molar-refractivity contribution in [2.24, 2.45) is 0 Å². The predicted molar refractivity (Wildman–Crippen MR) is 129 cm³/mol. The summed E-state index contributed by atoms with van der Waals surface area (Å²) in [6, 6.07) is 33.7. The Labute approximate surface area is 188 Å². The highest BCUT2D eigenvalue weighted by atomic mass is 32.1. The Balaban J connectivity index is 1.44. The molecule has 4 nitrogen and oxygen atoms in total. The first kappa shape index (κ1) is 20.6. The molecule has 0 unspecified atom stereocenters. The minimum Gasteiger partial charge on any atom is -0.457 e. The minimum atomic E-state index is 0.622. The third kappa shape index (κ3) is 6.14. The van der Waals surface area contributed by atoms with E-state index in [9.17, 15) is 0 Å². The van der Waals surface area contributed by atoms with E-state index >= 15 is 0 Å². The molecule has 0 spiro atoms. The Morgan fingerprint density at radius 3 is 2.06 bits per heavy atom. The van der Waals surface area contributed by atoms with E-state index in [1.54, 1.807) is 6.20 Å². The van der Waals surface area contributed by atoms with Crippen LogP contribution in [-0.2, 0) is 13.1 Å². The number of nitrogens with one attached hydrogen (secondary N) is 1. The molecule has 0 aliphatic rings. The molecule has 31 heavy (non-hydrogen) atoms. The van der Waals surface area contributed by atoms with Crippen molar-refractivity contribution in [3.63, 3.8) is 0 Å². The van der Waals surface area contributed by atoms with E-state index in [0.29, 0.717) is 18.2 Å². The Morgan fingerprint density at radius 2 is 1.39 bits per heavy atom. The van der Waals surface area contributed by atoms with E-state index < -0.39 is 0 Å². The van der Waals surface area contributed by atoms with Crippen LogP contribution in [0.5, 0.6) is 11.5 Å². The molecule has 0 saturated carbocycles. The average Bonchev–Trinajstić information content (AvgIpc) is 2.82. The van der Waals surface area contributed by atoms with E-state index in [1.165, 1.54) is 5.56 Å². The molecule has 0 fully saturated rings. The summed E-state index contributed by atoms with van der Waals surface area (Å²) in [5.41, 5.74) is 3.06. The van der Waals surface area contributed by atoms with Gasteiger partial charge in [-0.2, -0.15) is 0 Å². The van der Waals surface area contributed by atoms with Crippen LogP contribution in [0, 0.1) is 0 Å². The number of nitrogens with zero attached hydrogens (tertiary/aromatic N) is 2. The molecule has 4 aromatic rings. The van der Waals surface area contributed by atoms with Crippen molar-refractivity contribution >= 4 is 23.0 Å². The lowest BCUT2D eigenvalue weighted by Gasteiger charge is -2.26. The summed E-state index contributed by atoms with van der Waals surface area (Å²) in [6.45, 7) is 1.31. The zero-order valence-corrected chi connectivity index (χ0v) is 17.8. The van der Waals surface area contributed by atoms with Crippen molar-refractivity contribution in [3.8, 4) is 11.5 Å². The molecule has 0 bridgehead atoms. The second-order valence-corrected chi connectivity index (χ2v) is 7.42. The molecule has 1 heterocycles. The fourth-order valence-corrected chi connectivity index (χ4v) is 3.37. The van der Waals surface area contributed by atoms with Gasteiger partial charge in [0.25, 0.3) is 0 Å². The maximum Gasteiger partial charge on any atom is 0.174 e. The first-order chi connectivity index (χ1) is 15.3. The van der Waals surface area contributed by atoms with Crippen LogP contribution in [0.15, 0.2) is 109 Å². The maximum absolute atomic E-state index is 5.86. The molecule has 0 saturated heterocycles. The van der Waals surface area contributed by atoms with Crippen molar-refractivity contribution in [2.45, 2.75) is 13.1 Å². The van der Waals surface area contributed by atoms with Crippen molar-refractivity contribution in [1.29, 1.82) is 0 Å². The number of para-hydroxylation sites is 1. The molecule has 1 aromatic heterocycles. The number of hydrogen-bond donors (Lipinski definition) is 1. The number of thiocarbonyl (C=S) groups is 1. The molecule has 0 atom stereocenters. The van der Waals surface area contributed by atoms with Gasteiger partial charge in [0.1, 0.15) is 11.5 Å². The topological polar surface area (TPSA) is 37.4 Å². The zero-order valence-electron chi connectivity index (χ0n) is 17.0. The van der Waals surface area contributed by atoms with Crippen molar-refractivity contribution in [2.75, 3.05) is 5.32 Å². The molecule has 0 radical (unpaired) electrons. The van der Waals surface area contributed by atoms with Crippen molar-refractivity contribution in [3.05, 3.63) is 121 Å². The van der Waals surface area contributed by atoms with Gasteiger partial charge in [-0.15, -0.1) is 0 Å². The Morgan fingerprint density at radius 1 is 0.742 bits per heavy atom. The molecule has 0 aliphatic carbocycles. The van der Waals surface area contributed by atoms with E-state index in [2.05, 4.69) is 27.3 Å².